The van der Waals surface area contributed by atoms with Crippen LogP contribution >= 0.6 is 0 Å². The summed E-state index contributed by atoms with van der Waals surface area (Å²) in [6.07, 6.45) is 3.79. The second kappa shape index (κ2) is 7.76. The van der Waals surface area contributed by atoms with Gasteiger partial charge in [-0.25, -0.2) is 0 Å². The molecule has 29 heavy (non-hydrogen) atoms. The molecule has 3 heterocycles. The molecule has 0 spiro atoms. The Morgan fingerprint density at radius 3 is 3.03 bits per heavy atom. The van der Waals surface area contributed by atoms with Gasteiger partial charge >= 0.3 is 0 Å². The van der Waals surface area contributed by atoms with E-state index < -0.39 is 0 Å². The Balaban J connectivity index is 1.18. The van der Waals surface area contributed by atoms with E-state index in [1.54, 1.807) is 7.11 Å². The summed E-state index contributed by atoms with van der Waals surface area (Å²) >= 11 is 0. The first-order chi connectivity index (χ1) is 14.3. The minimum Gasteiger partial charge on any atom is -0.493 e. The van der Waals surface area contributed by atoms with Gasteiger partial charge in [0.05, 0.1) is 25.8 Å². The highest BCUT2D eigenvalue weighted by Crippen LogP contribution is 2.35. The molecule has 4 aromatic rings. The number of para-hydroxylation sites is 1. The maximum atomic E-state index is 6.15. The van der Waals surface area contributed by atoms with Gasteiger partial charge in [-0.3, -0.25) is 9.88 Å². The van der Waals surface area contributed by atoms with Gasteiger partial charge in [-0.2, -0.15) is 0 Å². The van der Waals surface area contributed by atoms with E-state index in [0.29, 0.717) is 6.61 Å². The fourth-order valence-corrected chi connectivity index (χ4v) is 4.11. The first kappa shape index (κ1) is 18.0. The van der Waals surface area contributed by atoms with Crippen LogP contribution in [0.2, 0.25) is 0 Å². The number of ether oxygens (including phenoxy) is 2. The summed E-state index contributed by atoms with van der Waals surface area (Å²) in [7, 11) is 1.69. The average Bonchev–Trinajstić information content (AvgIpc) is 3.14. The third-order valence-corrected chi connectivity index (χ3v) is 5.60. The van der Waals surface area contributed by atoms with Gasteiger partial charge in [0.2, 0.25) is 0 Å². The minimum atomic E-state index is 0.690. The lowest BCUT2D eigenvalue weighted by atomic mass is 10.0. The predicted molar refractivity (Wildman–Crippen MR) is 114 cm³/mol. The third-order valence-electron chi connectivity index (χ3n) is 5.60. The van der Waals surface area contributed by atoms with Crippen LogP contribution in [0.4, 0.5) is 0 Å². The van der Waals surface area contributed by atoms with Crippen LogP contribution in [0, 0.1) is 0 Å². The van der Waals surface area contributed by atoms with Crippen LogP contribution < -0.4 is 9.47 Å². The number of methoxy groups -OCH3 is 1. The van der Waals surface area contributed by atoms with Crippen molar-refractivity contribution in [1.82, 2.24) is 9.88 Å². The third kappa shape index (κ3) is 3.54. The number of benzene rings is 2. The summed E-state index contributed by atoms with van der Waals surface area (Å²) in [5.41, 5.74) is 3.17. The molecule has 5 rings (SSSR count). The number of rotatable bonds is 6. The number of pyridine rings is 1. The minimum absolute atomic E-state index is 0.690. The zero-order chi connectivity index (χ0) is 19.6. The van der Waals surface area contributed by atoms with Crippen molar-refractivity contribution in [2.24, 2.45) is 0 Å². The summed E-state index contributed by atoms with van der Waals surface area (Å²) in [4.78, 5) is 6.82. The molecule has 1 aliphatic heterocycles. The number of nitrogens with zero attached hydrogens (tertiary/aromatic N) is 2. The van der Waals surface area contributed by atoms with Gasteiger partial charge in [-0.15, -0.1) is 0 Å². The van der Waals surface area contributed by atoms with Crippen molar-refractivity contribution in [3.05, 3.63) is 66.1 Å². The topological polar surface area (TPSA) is 47.7 Å². The van der Waals surface area contributed by atoms with E-state index in [0.717, 1.165) is 66.2 Å². The van der Waals surface area contributed by atoms with Crippen molar-refractivity contribution in [3.8, 4) is 11.5 Å². The quantitative estimate of drug-likeness (QED) is 0.443. The lowest BCUT2D eigenvalue weighted by Gasteiger charge is -2.25. The molecule has 0 unspecified atom stereocenters. The van der Waals surface area contributed by atoms with Gasteiger partial charge in [0.25, 0.3) is 0 Å². The highest BCUT2D eigenvalue weighted by atomic mass is 16.5. The average molecular weight is 388 g/mol. The number of aromatic nitrogens is 1. The Labute approximate surface area is 169 Å². The van der Waals surface area contributed by atoms with Gasteiger partial charge in [-0.05, 0) is 37.1 Å². The van der Waals surface area contributed by atoms with Crippen molar-refractivity contribution in [2.75, 3.05) is 26.8 Å². The lowest BCUT2D eigenvalue weighted by Crippen LogP contribution is -2.31. The van der Waals surface area contributed by atoms with E-state index >= 15 is 0 Å². The molecule has 2 aromatic heterocycles. The zero-order valence-corrected chi connectivity index (χ0v) is 16.6. The molecule has 1 aliphatic rings. The maximum absolute atomic E-state index is 6.15. The summed E-state index contributed by atoms with van der Waals surface area (Å²) in [5, 5.41) is 2.32. The van der Waals surface area contributed by atoms with Crippen molar-refractivity contribution in [1.29, 1.82) is 0 Å². The van der Waals surface area contributed by atoms with Crippen LogP contribution in [0.3, 0.4) is 0 Å². The van der Waals surface area contributed by atoms with Crippen molar-refractivity contribution in [2.45, 2.75) is 19.4 Å². The molecule has 0 aliphatic carbocycles. The van der Waals surface area contributed by atoms with E-state index in [1.165, 1.54) is 10.9 Å². The molecule has 0 fully saturated rings. The molecule has 0 atom stereocenters. The normalized spacial score (nSPS) is 14.2. The second-order valence-corrected chi connectivity index (χ2v) is 7.43. The van der Waals surface area contributed by atoms with Gasteiger partial charge in [0.15, 0.2) is 11.3 Å². The van der Waals surface area contributed by atoms with Crippen LogP contribution in [-0.4, -0.2) is 36.7 Å². The molecule has 2 aromatic carbocycles. The smallest absolute Gasteiger partial charge is 0.176 e. The Hall–Kier alpha value is -3.05. The Bertz CT molecular complexity index is 1150. The van der Waals surface area contributed by atoms with Gasteiger partial charge in [0, 0.05) is 41.7 Å². The SMILES string of the molecule is COc1cccc2c3c(oc12)CN(CCCOc1ccc2cccnc2c1)CC3. The van der Waals surface area contributed by atoms with Crippen molar-refractivity contribution in [3.63, 3.8) is 0 Å². The van der Waals surface area contributed by atoms with Gasteiger partial charge in [-0.1, -0.05) is 18.2 Å². The van der Waals surface area contributed by atoms with Crippen LogP contribution in [0.15, 0.2) is 59.1 Å². The van der Waals surface area contributed by atoms with Crippen LogP contribution in [0.1, 0.15) is 17.7 Å². The molecule has 5 nitrogen and oxygen atoms in total. The van der Waals surface area contributed by atoms with E-state index in [-0.39, 0.29) is 0 Å². The monoisotopic (exact) mass is 388 g/mol. The van der Waals surface area contributed by atoms with Crippen molar-refractivity contribution >= 4 is 21.9 Å². The zero-order valence-electron chi connectivity index (χ0n) is 16.6. The Morgan fingerprint density at radius 1 is 1.14 bits per heavy atom. The first-order valence-electron chi connectivity index (χ1n) is 10.1. The van der Waals surface area contributed by atoms with E-state index in [9.17, 15) is 0 Å². The summed E-state index contributed by atoms with van der Waals surface area (Å²) in [6.45, 7) is 3.56. The standard InChI is InChI=1S/C24H24N2O3/c1-27-22-7-2-6-20-19-10-13-26(16-23(19)29-24(20)22)12-4-14-28-18-9-8-17-5-3-11-25-21(17)15-18/h2-3,5-9,11,15H,4,10,12-14,16H2,1H3. The molecule has 5 heteroatoms. The van der Waals surface area contributed by atoms with Crippen LogP contribution in [0.5, 0.6) is 11.5 Å². The highest BCUT2D eigenvalue weighted by molar-refractivity contribution is 5.87. The highest BCUT2D eigenvalue weighted by Gasteiger charge is 2.23. The predicted octanol–water partition coefficient (Wildman–Crippen LogP) is 4.82. The number of fused-ring (bicyclic) bond motifs is 4. The Kier molecular flexibility index (Phi) is 4.82. The van der Waals surface area contributed by atoms with Crippen LogP contribution in [-0.2, 0) is 13.0 Å². The molecule has 148 valence electrons. The first-order valence-corrected chi connectivity index (χ1v) is 10.1. The molecular weight excluding hydrogens is 364 g/mol. The molecule has 0 radical (unpaired) electrons. The maximum Gasteiger partial charge on any atom is 0.176 e. The molecule has 0 bridgehead atoms. The second-order valence-electron chi connectivity index (χ2n) is 7.43. The van der Waals surface area contributed by atoms with Gasteiger partial charge in [0.1, 0.15) is 11.5 Å². The number of hydrogen-bond acceptors (Lipinski definition) is 5. The number of furan rings is 1. The van der Waals surface area contributed by atoms with E-state index in [4.69, 9.17) is 13.9 Å². The molecule has 0 N–H and O–H groups in total. The van der Waals surface area contributed by atoms with Gasteiger partial charge < -0.3 is 13.9 Å². The van der Waals surface area contributed by atoms with E-state index in [1.807, 2.05) is 36.5 Å². The van der Waals surface area contributed by atoms with E-state index in [2.05, 4.69) is 28.1 Å². The molecule has 0 saturated carbocycles. The molecular formula is C24H24N2O3. The Morgan fingerprint density at radius 2 is 2.10 bits per heavy atom. The molecule has 0 saturated heterocycles. The number of hydrogen-bond donors (Lipinski definition) is 0. The lowest BCUT2D eigenvalue weighted by molar-refractivity contribution is 0.206. The molecule has 0 amide bonds. The largest absolute Gasteiger partial charge is 0.493 e. The summed E-state index contributed by atoms with van der Waals surface area (Å²) in [6, 6.07) is 16.2. The van der Waals surface area contributed by atoms with Crippen LogP contribution in [0.25, 0.3) is 21.9 Å². The fraction of sp³-hybridized carbons (Fsp3) is 0.292. The fourth-order valence-electron chi connectivity index (χ4n) is 4.11. The van der Waals surface area contributed by atoms with Crippen molar-refractivity contribution < 1.29 is 13.9 Å². The summed E-state index contributed by atoms with van der Waals surface area (Å²) < 4.78 is 17.6. The summed E-state index contributed by atoms with van der Waals surface area (Å²) in [5.74, 6) is 2.75.